The second-order valence-corrected chi connectivity index (χ2v) is 4.56. The van der Waals surface area contributed by atoms with Crippen LogP contribution in [0.5, 0.6) is 5.88 Å². The molecular weight excluding hydrogens is 236 g/mol. The van der Waals surface area contributed by atoms with Crippen molar-refractivity contribution in [3.05, 3.63) is 26.4 Å². The number of ether oxygens (including phenoxy) is 2. The van der Waals surface area contributed by atoms with E-state index in [0.717, 1.165) is 4.57 Å². The van der Waals surface area contributed by atoms with E-state index in [0.29, 0.717) is 24.5 Å². The van der Waals surface area contributed by atoms with Crippen molar-refractivity contribution in [1.82, 2.24) is 9.13 Å². The Morgan fingerprint density at radius 1 is 1.33 bits per heavy atom. The van der Waals surface area contributed by atoms with Gasteiger partial charge in [-0.25, -0.2) is 4.79 Å². The van der Waals surface area contributed by atoms with Gasteiger partial charge in [-0.05, 0) is 12.8 Å². The Kier molecular flexibility index (Phi) is 3.30. The largest absolute Gasteiger partial charge is 0.449 e. The summed E-state index contributed by atoms with van der Waals surface area (Å²) >= 11 is 0. The van der Waals surface area contributed by atoms with Gasteiger partial charge in [0.2, 0.25) is 12.2 Å². The van der Waals surface area contributed by atoms with E-state index in [4.69, 9.17) is 9.47 Å². The molecule has 6 nitrogen and oxygen atoms in total. The van der Waals surface area contributed by atoms with Crippen molar-refractivity contribution >= 4 is 0 Å². The quantitative estimate of drug-likeness (QED) is 0.763. The van der Waals surface area contributed by atoms with Crippen LogP contribution in [-0.4, -0.2) is 22.0 Å². The summed E-state index contributed by atoms with van der Waals surface area (Å²) in [7, 11) is 3.08. The molecule has 1 aromatic heterocycles. The van der Waals surface area contributed by atoms with Crippen LogP contribution >= 0.6 is 0 Å². The number of hydrogen-bond acceptors (Lipinski definition) is 4. The molecule has 0 fully saturated rings. The van der Waals surface area contributed by atoms with Crippen LogP contribution < -0.4 is 16.0 Å². The van der Waals surface area contributed by atoms with Gasteiger partial charge in [0.25, 0.3) is 5.56 Å². The van der Waals surface area contributed by atoms with Crippen LogP contribution in [0.25, 0.3) is 0 Å². The molecule has 18 heavy (non-hydrogen) atoms. The lowest BCUT2D eigenvalue weighted by Crippen LogP contribution is -2.43. The third-order valence-electron chi connectivity index (χ3n) is 3.28. The number of fused-ring (bicyclic) bond motifs is 1. The number of aromatic nitrogens is 2. The second-order valence-electron chi connectivity index (χ2n) is 4.56. The molecule has 0 radical (unpaired) electrons. The number of rotatable bonds is 2. The van der Waals surface area contributed by atoms with Crippen LogP contribution in [0.3, 0.4) is 0 Å². The van der Waals surface area contributed by atoms with Crippen molar-refractivity contribution in [2.75, 3.05) is 6.61 Å². The molecule has 0 saturated heterocycles. The molecule has 0 saturated carbocycles. The van der Waals surface area contributed by atoms with Gasteiger partial charge >= 0.3 is 5.69 Å². The van der Waals surface area contributed by atoms with Crippen LogP contribution in [-0.2, 0) is 18.8 Å². The van der Waals surface area contributed by atoms with Crippen molar-refractivity contribution in [2.45, 2.75) is 32.5 Å². The van der Waals surface area contributed by atoms with Crippen molar-refractivity contribution in [2.24, 2.45) is 14.1 Å². The minimum atomic E-state index is -0.393. The lowest BCUT2D eigenvalue weighted by molar-refractivity contribution is -0.0956. The summed E-state index contributed by atoms with van der Waals surface area (Å²) in [4.78, 5) is 23.9. The Morgan fingerprint density at radius 3 is 2.61 bits per heavy atom. The summed E-state index contributed by atoms with van der Waals surface area (Å²) in [6.07, 6.45) is 0.226. The van der Waals surface area contributed by atoms with Crippen LogP contribution in [0, 0.1) is 0 Å². The first-order valence-corrected chi connectivity index (χ1v) is 6.05. The van der Waals surface area contributed by atoms with E-state index in [2.05, 4.69) is 0 Å². The fourth-order valence-corrected chi connectivity index (χ4v) is 2.28. The molecule has 100 valence electrons. The summed E-state index contributed by atoms with van der Waals surface area (Å²) in [5.74, 6) is 0.344. The van der Waals surface area contributed by atoms with E-state index in [1.165, 1.54) is 11.6 Å². The van der Waals surface area contributed by atoms with E-state index in [1.54, 1.807) is 7.05 Å². The smallest absolute Gasteiger partial charge is 0.333 e. The molecule has 0 N–H and O–H groups in total. The first-order valence-electron chi connectivity index (χ1n) is 6.05. The van der Waals surface area contributed by atoms with Gasteiger partial charge in [-0.2, -0.15) is 0 Å². The molecule has 0 bridgehead atoms. The summed E-state index contributed by atoms with van der Waals surface area (Å²) in [6, 6.07) is 0. The summed E-state index contributed by atoms with van der Waals surface area (Å²) in [6.45, 7) is 4.36. The third kappa shape index (κ3) is 1.86. The molecule has 0 aliphatic carbocycles. The van der Waals surface area contributed by atoms with Gasteiger partial charge < -0.3 is 9.47 Å². The SMILES string of the molecule is CCOC1CC(C)c2c(n(C)c(=O)n(C)c2=O)O1. The lowest BCUT2D eigenvalue weighted by atomic mass is 9.97. The minimum Gasteiger partial charge on any atom is -0.449 e. The fraction of sp³-hybridized carbons (Fsp3) is 0.667. The standard InChI is InChI=1S/C12H18N2O4/c1-5-17-8-6-7(2)9-10(15)13(3)12(16)14(4)11(9)18-8/h7-8H,5-6H2,1-4H3. The van der Waals surface area contributed by atoms with Gasteiger partial charge in [-0.3, -0.25) is 13.9 Å². The molecule has 6 heteroatoms. The topological polar surface area (TPSA) is 62.5 Å². The van der Waals surface area contributed by atoms with Gasteiger partial charge in [0, 0.05) is 27.1 Å². The van der Waals surface area contributed by atoms with Crippen LogP contribution in [0.15, 0.2) is 9.59 Å². The highest BCUT2D eigenvalue weighted by atomic mass is 16.7. The molecule has 0 aromatic carbocycles. The van der Waals surface area contributed by atoms with Crippen molar-refractivity contribution in [3.8, 4) is 5.88 Å². The van der Waals surface area contributed by atoms with Gasteiger partial charge in [-0.15, -0.1) is 0 Å². The Morgan fingerprint density at radius 2 is 2.00 bits per heavy atom. The number of nitrogens with zero attached hydrogens (tertiary/aromatic N) is 2. The van der Waals surface area contributed by atoms with Crippen molar-refractivity contribution in [1.29, 1.82) is 0 Å². The van der Waals surface area contributed by atoms with E-state index in [-0.39, 0.29) is 17.2 Å². The van der Waals surface area contributed by atoms with Gasteiger partial charge in [0.15, 0.2) is 0 Å². The van der Waals surface area contributed by atoms with E-state index >= 15 is 0 Å². The second kappa shape index (κ2) is 4.61. The highest BCUT2D eigenvalue weighted by molar-refractivity contribution is 5.30. The normalized spacial score (nSPS) is 22.4. The zero-order valence-corrected chi connectivity index (χ0v) is 11.1. The molecule has 0 spiro atoms. The Labute approximate surface area is 105 Å². The number of hydrogen-bond donors (Lipinski definition) is 0. The minimum absolute atomic E-state index is 0.01000. The Hall–Kier alpha value is -1.56. The zero-order chi connectivity index (χ0) is 13.4. The Balaban J connectivity index is 2.60. The molecule has 2 heterocycles. The average molecular weight is 254 g/mol. The maximum absolute atomic E-state index is 12.1. The maximum Gasteiger partial charge on any atom is 0.333 e. The van der Waals surface area contributed by atoms with E-state index in [9.17, 15) is 9.59 Å². The van der Waals surface area contributed by atoms with Crippen LogP contribution in [0.4, 0.5) is 0 Å². The lowest BCUT2D eigenvalue weighted by Gasteiger charge is -2.30. The molecule has 2 rings (SSSR count). The van der Waals surface area contributed by atoms with Crippen molar-refractivity contribution in [3.63, 3.8) is 0 Å². The molecular formula is C12H18N2O4. The van der Waals surface area contributed by atoms with Gasteiger partial charge in [0.1, 0.15) is 0 Å². The molecule has 0 amide bonds. The molecule has 1 aliphatic rings. The maximum atomic E-state index is 12.1. The van der Waals surface area contributed by atoms with E-state index in [1.807, 2.05) is 13.8 Å². The summed E-state index contributed by atoms with van der Waals surface area (Å²) < 4.78 is 13.5. The third-order valence-corrected chi connectivity index (χ3v) is 3.28. The first-order chi connectivity index (χ1) is 8.47. The average Bonchev–Trinajstić information content (AvgIpc) is 2.33. The first kappa shape index (κ1) is 12.9. The molecule has 2 unspecified atom stereocenters. The van der Waals surface area contributed by atoms with Gasteiger partial charge in [-0.1, -0.05) is 6.92 Å². The molecule has 2 atom stereocenters. The predicted molar refractivity (Wildman–Crippen MR) is 66.0 cm³/mol. The molecule has 1 aromatic rings. The van der Waals surface area contributed by atoms with Gasteiger partial charge in [0.05, 0.1) is 5.56 Å². The molecule has 1 aliphatic heterocycles. The fourth-order valence-electron chi connectivity index (χ4n) is 2.28. The predicted octanol–water partition coefficient (Wildman–Crippen LogP) is 0.333. The summed E-state index contributed by atoms with van der Waals surface area (Å²) in [5.41, 5.74) is -0.116. The zero-order valence-electron chi connectivity index (χ0n) is 11.1. The van der Waals surface area contributed by atoms with E-state index < -0.39 is 6.29 Å². The Bertz CT molecular complexity index is 573. The van der Waals surface area contributed by atoms with Crippen molar-refractivity contribution < 1.29 is 9.47 Å². The van der Waals surface area contributed by atoms with Crippen LogP contribution in [0.1, 0.15) is 31.7 Å². The van der Waals surface area contributed by atoms with Crippen LogP contribution in [0.2, 0.25) is 0 Å². The summed E-state index contributed by atoms with van der Waals surface area (Å²) in [5, 5.41) is 0. The monoisotopic (exact) mass is 254 g/mol. The highest BCUT2D eigenvalue weighted by Gasteiger charge is 2.31. The highest BCUT2D eigenvalue weighted by Crippen LogP contribution is 2.32.